The number of hydrogen-bond acceptors (Lipinski definition) is 0. The predicted molar refractivity (Wildman–Crippen MR) is 32.3 cm³/mol. The largest absolute Gasteiger partial charge is 0.301 e. The quantitative estimate of drug-likeness (QED) is 0.554. The molecule has 0 aromatic heterocycles. The summed E-state index contributed by atoms with van der Waals surface area (Å²) >= 11 is 0. The molecule has 0 atom stereocenters. The van der Waals surface area contributed by atoms with Crippen LogP contribution in [0.1, 0.15) is 6.92 Å². The van der Waals surface area contributed by atoms with Crippen LogP contribution < -0.4 is 0 Å². The van der Waals surface area contributed by atoms with E-state index in [-0.39, 0.29) is 0 Å². The van der Waals surface area contributed by atoms with Gasteiger partial charge in [0.2, 0.25) is 0 Å². The third-order valence-electron chi connectivity index (χ3n) is 0.506. The maximum absolute atomic E-state index is 11.0. The molecule has 12 heavy (non-hydrogen) atoms. The Hall–Kier alpha value is -0.940. The van der Waals surface area contributed by atoms with Crippen molar-refractivity contribution in [3.05, 3.63) is 24.1 Å². The highest BCUT2D eigenvalue weighted by Crippen LogP contribution is 2.05. The molecule has 0 nitrogen and oxygen atoms in total. The highest BCUT2D eigenvalue weighted by Gasteiger charge is 1.92. The molecule has 6 heteroatoms. The molecule has 72 valence electrons. The van der Waals surface area contributed by atoms with Crippen molar-refractivity contribution in [2.75, 3.05) is 6.67 Å². The molecule has 0 fully saturated rings. The topological polar surface area (TPSA) is 0 Å². The zero-order chi connectivity index (χ0) is 10.1. The van der Waals surface area contributed by atoms with Crippen molar-refractivity contribution in [1.82, 2.24) is 0 Å². The lowest BCUT2D eigenvalue weighted by Crippen LogP contribution is -1.68. The molecule has 0 heterocycles. The molecular weight excluding hydrogens is 186 g/mol. The minimum Gasteiger partial charge on any atom is -0.243 e. The maximum atomic E-state index is 11.0. The highest BCUT2D eigenvalue weighted by molar-refractivity contribution is 4.84. The molecule has 0 aliphatic heterocycles. The lowest BCUT2D eigenvalue weighted by atomic mass is 10.7. The third-order valence-corrected chi connectivity index (χ3v) is 0.506. The van der Waals surface area contributed by atoms with Crippen molar-refractivity contribution in [3.8, 4) is 0 Å². The smallest absolute Gasteiger partial charge is 0.243 e. The second-order valence-electron chi connectivity index (χ2n) is 1.48. The van der Waals surface area contributed by atoms with Gasteiger partial charge in [-0.2, -0.15) is 8.78 Å². The van der Waals surface area contributed by atoms with Gasteiger partial charge >= 0.3 is 6.08 Å². The number of halogens is 6. The molecule has 0 bridgehead atoms. The molecule has 0 amide bonds. The van der Waals surface area contributed by atoms with Crippen LogP contribution in [-0.2, 0) is 0 Å². The van der Waals surface area contributed by atoms with Gasteiger partial charge in [-0.25, -0.2) is 17.6 Å². The summed E-state index contributed by atoms with van der Waals surface area (Å²) in [4.78, 5) is 0. The summed E-state index contributed by atoms with van der Waals surface area (Å²) in [6.07, 6.45) is -2.64. The Morgan fingerprint density at radius 1 is 1.17 bits per heavy atom. The van der Waals surface area contributed by atoms with E-state index in [0.717, 1.165) is 0 Å². The Balaban J connectivity index is 0. The fraction of sp³-hybridized carbons (Fsp3) is 0.333. The zero-order valence-corrected chi connectivity index (χ0v) is 6.05. The van der Waals surface area contributed by atoms with Gasteiger partial charge in [0, 0.05) is 0 Å². The van der Waals surface area contributed by atoms with E-state index in [0.29, 0.717) is 6.92 Å². The van der Waals surface area contributed by atoms with Crippen LogP contribution in [0.3, 0.4) is 0 Å². The van der Waals surface area contributed by atoms with Crippen LogP contribution in [0.15, 0.2) is 24.1 Å². The van der Waals surface area contributed by atoms with Crippen LogP contribution in [0, 0.1) is 0 Å². The molecule has 0 saturated heterocycles. The van der Waals surface area contributed by atoms with E-state index in [4.69, 9.17) is 0 Å². The molecule has 0 aromatic carbocycles. The molecular formula is C6H6F6. The Morgan fingerprint density at radius 2 is 1.50 bits per heavy atom. The summed E-state index contributed by atoms with van der Waals surface area (Å²) in [5, 5.41) is 0. The normalized spacial score (nSPS) is 10.1. The van der Waals surface area contributed by atoms with Crippen molar-refractivity contribution in [3.63, 3.8) is 0 Å². The van der Waals surface area contributed by atoms with E-state index in [1.807, 2.05) is 0 Å². The summed E-state index contributed by atoms with van der Waals surface area (Å²) in [6, 6.07) is 0. The van der Waals surface area contributed by atoms with Crippen LogP contribution in [-0.4, -0.2) is 6.67 Å². The van der Waals surface area contributed by atoms with Gasteiger partial charge in [-0.1, -0.05) is 0 Å². The lowest BCUT2D eigenvalue weighted by Gasteiger charge is -1.74. The first kappa shape index (κ1) is 13.6. The number of hydrogen-bond donors (Lipinski definition) is 0. The molecule has 0 saturated carbocycles. The van der Waals surface area contributed by atoms with Gasteiger partial charge in [0.15, 0.2) is 11.7 Å². The van der Waals surface area contributed by atoms with Gasteiger partial charge in [0.1, 0.15) is 13.0 Å². The molecule has 0 aromatic rings. The molecule has 0 aliphatic carbocycles. The van der Waals surface area contributed by atoms with Gasteiger partial charge in [-0.05, 0) is 6.92 Å². The van der Waals surface area contributed by atoms with Crippen molar-refractivity contribution >= 4 is 0 Å². The van der Waals surface area contributed by atoms with Crippen LogP contribution in [0.5, 0.6) is 0 Å². The van der Waals surface area contributed by atoms with Gasteiger partial charge in [0.05, 0.1) is 0 Å². The monoisotopic (exact) mass is 192 g/mol. The molecule has 0 N–H and O–H groups in total. The first-order valence-electron chi connectivity index (χ1n) is 2.63. The summed E-state index contributed by atoms with van der Waals surface area (Å²) in [5.74, 6) is -2.77. The van der Waals surface area contributed by atoms with E-state index in [1.54, 1.807) is 0 Å². The van der Waals surface area contributed by atoms with Crippen molar-refractivity contribution in [2.45, 2.75) is 6.92 Å². The maximum Gasteiger partial charge on any atom is 0.301 e. The van der Waals surface area contributed by atoms with Crippen LogP contribution in [0.2, 0.25) is 0 Å². The average Bonchev–Trinajstić information content (AvgIpc) is 2.04. The zero-order valence-electron chi connectivity index (χ0n) is 6.05. The standard InChI is InChI=1S/2C3H3F3/c4-1-3(6)2-5;1-2(4)3(5)6/h1H,2H2;1H3. The van der Waals surface area contributed by atoms with Crippen LogP contribution in [0.25, 0.3) is 0 Å². The molecule has 0 spiro atoms. The second-order valence-corrected chi connectivity index (χ2v) is 1.48. The second kappa shape index (κ2) is 8.16. The summed E-state index contributed by atoms with van der Waals surface area (Å²) in [7, 11) is 0. The Labute approximate surface area is 65.2 Å². The van der Waals surface area contributed by atoms with E-state index in [1.165, 1.54) is 0 Å². The Morgan fingerprint density at radius 3 is 1.50 bits per heavy atom. The van der Waals surface area contributed by atoms with Gasteiger partial charge in [-0.3, -0.25) is 0 Å². The molecule has 0 aliphatic rings. The van der Waals surface area contributed by atoms with Crippen molar-refractivity contribution < 1.29 is 26.3 Å². The molecule has 0 unspecified atom stereocenters. The van der Waals surface area contributed by atoms with Crippen LogP contribution in [0.4, 0.5) is 26.3 Å². The van der Waals surface area contributed by atoms with Crippen molar-refractivity contribution in [1.29, 1.82) is 0 Å². The van der Waals surface area contributed by atoms with E-state index in [2.05, 4.69) is 0 Å². The van der Waals surface area contributed by atoms with Crippen LogP contribution >= 0.6 is 0 Å². The number of rotatable bonds is 1. The average molecular weight is 192 g/mol. The molecule has 0 radical (unpaired) electrons. The lowest BCUT2D eigenvalue weighted by molar-refractivity contribution is 0.380. The Kier molecular flexibility index (Phi) is 9.27. The highest BCUT2D eigenvalue weighted by atomic mass is 19.3. The van der Waals surface area contributed by atoms with E-state index >= 15 is 0 Å². The minimum absolute atomic E-state index is 0.403. The van der Waals surface area contributed by atoms with E-state index < -0.39 is 30.7 Å². The van der Waals surface area contributed by atoms with Gasteiger partial charge in [-0.15, -0.1) is 0 Å². The minimum atomic E-state index is -2.24. The molecule has 0 rings (SSSR count). The van der Waals surface area contributed by atoms with Gasteiger partial charge < -0.3 is 0 Å². The summed E-state index contributed by atoms with van der Waals surface area (Å²) in [5.41, 5.74) is 0. The number of alkyl halides is 1. The number of allylic oxidation sites excluding steroid dienone is 2. The first-order chi connectivity index (χ1) is 5.45. The fourth-order valence-corrected chi connectivity index (χ4v) is 0.0292. The summed E-state index contributed by atoms with van der Waals surface area (Å²) < 4.78 is 64.6. The third kappa shape index (κ3) is 11.8. The van der Waals surface area contributed by atoms with E-state index in [9.17, 15) is 26.3 Å². The van der Waals surface area contributed by atoms with Crippen molar-refractivity contribution in [2.24, 2.45) is 0 Å². The Bertz CT molecular complexity index is 153. The fourth-order valence-electron chi connectivity index (χ4n) is 0.0292. The SMILES string of the molecule is CC(F)=C(F)F.FC=C(F)CF. The summed E-state index contributed by atoms with van der Waals surface area (Å²) in [6.45, 7) is -0.647. The predicted octanol–water partition coefficient (Wildman–Crippen LogP) is 3.82. The van der Waals surface area contributed by atoms with Gasteiger partial charge in [0.25, 0.3) is 0 Å². The first-order valence-corrected chi connectivity index (χ1v) is 2.63.